The van der Waals surface area contributed by atoms with Gasteiger partial charge in [-0.1, -0.05) is 24.3 Å². The van der Waals surface area contributed by atoms with Gasteiger partial charge in [-0.2, -0.15) is 0 Å². The summed E-state index contributed by atoms with van der Waals surface area (Å²) in [5.74, 6) is 0.0961. The number of carbonyl (C=O) groups excluding carboxylic acids is 1. The van der Waals surface area contributed by atoms with Gasteiger partial charge < -0.3 is 10.0 Å². The van der Waals surface area contributed by atoms with Gasteiger partial charge >= 0.3 is 0 Å². The lowest BCUT2D eigenvalue weighted by atomic mass is 9.97. The Balaban J connectivity index is 1.69. The number of aliphatic hydroxyl groups is 1. The van der Waals surface area contributed by atoms with Gasteiger partial charge in [0.1, 0.15) is 5.82 Å². The molecule has 1 N–H and O–H groups in total. The summed E-state index contributed by atoms with van der Waals surface area (Å²) in [6.07, 6.45) is 1.71. The predicted octanol–water partition coefficient (Wildman–Crippen LogP) is 3.34. The molecule has 1 aliphatic heterocycles. The molecule has 1 aliphatic rings. The van der Waals surface area contributed by atoms with Gasteiger partial charge in [0.25, 0.3) is 5.91 Å². The Morgan fingerprint density at radius 2 is 1.52 bits per heavy atom. The monoisotopic (exact) mass is 313 g/mol. The van der Waals surface area contributed by atoms with Crippen LogP contribution in [0, 0.1) is 11.7 Å². The van der Waals surface area contributed by atoms with Crippen molar-refractivity contribution in [1.82, 2.24) is 4.90 Å². The van der Waals surface area contributed by atoms with Crippen LogP contribution in [0.25, 0.3) is 11.1 Å². The second kappa shape index (κ2) is 6.92. The second-order valence-corrected chi connectivity index (χ2v) is 6.00. The lowest BCUT2D eigenvalue weighted by Gasteiger charge is -2.31. The minimum absolute atomic E-state index is 0.0343. The van der Waals surface area contributed by atoms with Gasteiger partial charge in [-0.05, 0) is 54.2 Å². The average molecular weight is 313 g/mol. The van der Waals surface area contributed by atoms with E-state index in [1.54, 1.807) is 12.1 Å². The van der Waals surface area contributed by atoms with E-state index in [4.69, 9.17) is 5.11 Å². The van der Waals surface area contributed by atoms with E-state index in [9.17, 15) is 9.18 Å². The van der Waals surface area contributed by atoms with Crippen LogP contribution in [0.15, 0.2) is 48.5 Å². The normalized spacial score (nSPS) is 15.7. The van der Waals surface area contributed by atoms with Crippen LogP contribution >= 0.6 is 0 Å². The van der Waals surface area contributed by atoms with Crippen molar-refractivity contribution in [1.29, 1.82) is 0 Å². The van der Waals surface area contributed by atoms with E-state index < -0.39 is 0 Å². The Morgan fingerprint density at radius 1 is 1.00 bits per heavy atom. The Kier molecular flexibility index (Phi) is 4.72. The van der Waals surface area contributed by atoms with Gasteiger partial charge in [0.05, 0.1) is 0 Å². The molecule has 2 aromatic carbocycles. The van der Waals surface area contributed by atoms with Crippen molar-refractivity contribution in [3.63, 3.8) is 0 Å². The summed E-state index contributed by atoms with van der Waals surface area (Å²) in [6, 6.07) is 13.7. The maximum atomic E-state index is 13.0. The summed E-state index contributed by atoms with van der Waals surface area (Å²) in [4.78, 5) is 14.3. The van der Waals surface area contributed by atoms with E-state index in [1.807, 2.05) is 29.2 Å². The summed E-state index contributed by atoms with van der Waals surface area (Å²) >= 11 is 0. The number of amides is 1. The molecule has 1 amide bonds. The number of halogens is 1. The first-order valence-electron chi connectivity index (χ1n) is 7.93. The molecule has 0 aromatic heterocycles. The van der Waals surface area contributed by atoms with E-state index in [1.165, 1.54) is 12.1 Å². The Labute approximate surface area is 135 Å². The molecule has 120 valence electrons. The third-order valence-electron chi connectivity index (χ3n) is 4.47. The van der Waals surface area contributed by atoms with Crippen LogP contribution < -0.4 is 0 Å². The van der Waals surface area contributed by atoms with Crippen LogP contribution in [0.3, 0.4) is 0 Å². The number of aliphatic hydroxyl groups excluding tert-OH is 1. The molecule has 0 bridgehead atoms. The fourth-order valence-corrected chi connectivity index (χ4v) is 2.95. The first kappa shape index (κ1) is 15.7. The topological polar surface area (TPSA) is 40.5 Å². The number of hydrogen-bond acceptors (Lipinski definition) is 2. The van der Waals surface area contributed by atoms with Crippen molar-refractivity contribution in [2.24, 2.45) is 5.92 Å². The van der Waals surface area contributed by atoms with Crippen molar-refractivity contribution in [3.8, 4) is 11.1 Å². The summed E-state index contributed by atoms with van der Waals surface area (Å²) in [7, 11) is 0. The van der Waals surface area contributed by atoms with Crippen LogP contribution in [0.4, 0.5) is 4.39 Å². The summed E-state index contributed by atoms with van der Waals surface area (Å²) < 4.78 is 13.0. The third kappa shape index (κ3) is 3.59. The highest BCUT2D eigenvalue weighted by Gasteiger charge is 2.23. The fraction of sp³-hybridized carbons (Fsp3) is 0.316. The van der Waals surface area contributed by atoms with E-state index in [-0.39, 0.29) is 18.3 Å². The maximum absolute atomic E-state index is 13.0. The smallest absolute Gasteiger partial charge is 0.253 e. The number of rotatable bonds is 3. The highest BCUT2D eigenvalue weighted by molar-refractivity contribution is 5.94. The van der Waals surface area contributed by atoms with Crippen molar-refractivity contribution in [2.45, 2.75) is 12.8 Å². The van der Waals surface area contributed by atoms with Gasteiger partial charge in [0.2, 0.25) is 0 Å². The number of benzene rings is 2. The molecule has 0 spiro atoms. The molecule has 23 heavy (non-hydrogen) atoms. The zero-order valence-corrected chi connectivity index (χ0v) is 12.9. The number of hydrogen-bond donors (Lipinski definition) is 1. The highest BCUT2D eigenvalue weighted by atomic mass is 19.1. The summed E-state index contributed by atoms with van der Waals surface area (Å²) in [6.45, 7) is 1.60. The van der Waals surface area contributed by atoms with Crippen molar-refractivity contribution in [3.05, 3.63) is 59.9 Å². The Bertz CT molecular complexity index is 659. The van der Waals surface area contributed by atoms with E-state index >= 15 is 0 Å². The molecule has 0 radical (unpaired) electrons. The van der Waals surface area contributed by atoms with Crippen LogP contribution in [-0.2, 0) is 0 Å². The Morgan fingerprint density at radius 3 is 2.04 bits per heavy atom. The number of carbonyl (C=O) groups is 1. The quantitative estimate of drug-likeness (QED) is 0.944. The maximum Gasteiger partial charge on any atom is 0.253 e. The van der Waals surface area contributed by atoms with E-state index in [2.05, 4.69) is 0 Å². The van der Waals surface area contributed by atoms with Gasteiger partial charge in [0.15, 0.2) is 0 Å². The number of likely N-dealkylation sites (tertiary alicyclic amines) is 1. The highest BCUT2D eigenvalue weighted by Crippen LogP contribution is 2.22. The van der Waals surface area contributed by atoms with Gasteiger partial charge in [0, 0.05) is 25.3 Å². The molecular weight excluding hydrogens is 293 g/mol. The molecule has 1 saturated heterocycles. The molecule has 1 heterocycles. The fourth-order valence-electron chi connectivity index (χ4n) is 2.95. The van der Waals surface area contributed by atoms with Crippen molar-refractivity contribution < 1.29 is 14.3 Å². The molecule has 3 nitrogen and oxygen atoms in total. The van der Waals surface area contributed by atoms with Crippen LogP contribution in [0.2, 0.25) is 0 Å². The van der Waals surface area contributed by atoms with E-state index in [0.717, 1.165) is 24.0 Å². The first-order chi connectivity index (χ1) is 11.2. The van der Waals surface area contributed by atoms with E-state index in [0.29, 0.717) is 24.6 Å². The average Bonchev–Trinajstić information content (AvgIpc) is 2.62. The van der Waals surface area contributed by atoms with Gasteiger partial charge in [-0.15, -0.1) is 0 Å². The minimum Gasteiger partial charge on any atom is -0.396 e. The first-order valence-corrected chi connectivity index (χ1v) is 7.93. The molecule has 0 aliphatic carbocycles. The number of nitrogens with zero attached hydrogens (tertiary/aromatic N) is 1. The SMILES string of the molecule is O=C(c1ccc(-c2ccc(F)cc2)cc1)N1CCC(CO)CC1. The lowest BCUT2D eigenvalue weighted by Crippen LogP contribution is -2.39. The standard InChI is InChI=1S/C19H20FNO2/c20-18-7-5-16(6-8-18)15-1-3-17(4-2-15)19(23)21-11-9-14(13-22)10-12-21/h1-8,14,22H,9-13H2. The summed E-state index contributed by atoms with van der Waals surface area (Å²) in [5, 5.41) is 9.16. The molecule has 4 heteroatoms. The molecule has 0 saturated carbocycles. The van der Waals surface area contributed by atoms with Gasteiger partial charge in [-0.25, -0.2) is 4.39 Å². The zero-order chi connectivity index (χ0) is 16.2. The molecular formula is C19H20FNO2. The van der Waals surface area contributed by atoms with Crippen molar-refractivity contribution >= 4 is 5.91 Å². The van der Waals surface area contributed by atoms with Crippen molar-refractivity contribution in [2.75, 3.05) is 19.7 Å². The second-order valence-electron chi connectivity index (χ2n) is 6.00. The molecule has 0 atom stereocenters. The van der Waals surface area contributed by atoms with Crippen LogP contribution in [0.5, 0.6) is 0 Å². The van der Waals surface area contributed by atoms with Crippen LogP contribution in [0.1, 0.15) is 23.2 Å². The molecule has 3 rings (SSSR count). The predicted molar refractivity (Wildman–Crippen MR) is 87.5 cm³/mol. The number of piperidine rings is 1. The summed E-state index contributed by atoms with van der Waals surface area (Å²) in [5.41, 5.74) is 2.55. The van der Waals surface area contributed by atoms with Gasteiger partial charge in [-0.3, -0.25) is 4.79 Å². The Hall–Kier alpha value is -2.20. The lowest BCUT2D eigenvalue weighted by molar-refractivity contribution is 0.0651. The molecule has 1 fully saturated rings. The third-order valence-corrected chi connectivity index (χ3v) is 4.47. The molecule has 0 unspecified atom stereocenters. The minimum atomic E-state index is -0.258. The zero-order valence-electron chi connectivity index (χ0n) is 12.9. The largest absolute Gasteiger partial charge is 0.396 e. The molecule has 2 aromatic rings. The van der Waals surface area contributed by atoms with Crippen LogP contribution in [-0.4, -0.2) is 35.6 Å².